The van der Waals surface area contributed by atoms with Crippen molar-refractivity contribution in [1.29, 1.82) is 0 Å². The minimum atomic E-state index is 0.147. The van der Waals surface area contributed by atoms with E-state index in [1.165, 1.54) is 22.7 Å². The number of carbonyl (C=O) groups excluding carboxylic acids is 1. The number of Topliss-reactive ketones (excluding diaryl/α,β-unsaturated/α-hetero) is 1. The molecule has 1 aromatic carbocycles. The van der Waals surface area contributed by atoms with Gasteiger partial charge in [-0.3, -0.25) is 4.79 Å². The molecule has 2 aromatic rings. The first kappa shape index (κ1) is 13.2. The van der Waals surface area contributed by atoms with Crippen LogP contribution in [-0.4, -0.2) is 22.0 Å². The van der Waals surface area contributed by atoms with E-state index >= 15 is 0 Å². The molecule has 3 rings (SSSR count). The van der Waals surface area contributed by atoms with Gasteiger partial charge < -0.3 is 4.74 Å². The highest BCUT2D eigenvalue weighted by molar-refractivity contribution is 7.08. The predicted octanol–water partition coefficient (Wildman–Crippen LogP) is 2.85. The molecule has 104 valence electrons. The van der Waals surface area contributed by atoms with Crippen LogP contribution < -0.4 is 4.74 Å². The Morgan fingerprint density at radius 2 is 2.35 bits per heavy atom. The maximum Gasteiger partial charge on any atom is 0.176 e. The molecule has 1 aliphatic heterocycles. The third-order valence-electron chi connectivity index (χ3n) is 3.54. The quantitative estimate of drug-likeness (QED) is 0.794. The van der Waals surface area contributed by atoms with Gasteiger partial charge in [-0.2, -0.15) is 0 Å². The average Bonchev–Trinajstić information content (AvgIpc) is 3.12. The molecule has 20 heavy (non-hydrogen) atoms. The zero-order chi connectivity index (χ0) is 13.9. The lowest BCUT2D eigenvalue weighted by molar-refractivity contribution is 0.0985. The summed E-state index contributed by atoms with van der Waals surface area (Å²) in [7, 11) is 0. The number of ketones is 1. The van der Waals surface area contributed by atoms with Gasteiger partial charge in [-0.25, -0.2) is 0 Å². The van der Waals surface area contributed by atoms with Crippen molar-refractivity contribution in [2.75, 3.05) is 6.61 Å². The summed E-state index contributed by atoms with van der Waals surface area (Å²) in [6.07, 6.45) is 2.99. The highest BCUT2D eigenvalue weighted by atomic mass is 32.1. The van der Waals surface area contributed by atoms with Gasteiger partial charge in [-0.05, 0) is 41.6 Å². The summed E-state index contributed by atoms with van der Waals surface area (Å²) in [5.41, 5.74) is 3.27. The van der Waals surface area contributed by atoms with Crippen LogP contribution in [-0.2, 0) is 19.3 Å². The number of aromatic nitrogens is 2. The average molecular weight is 288 g/mol. The van der Waals surface area contributed by atoms with Crippen molar-refractivity contribution in [3.05, 3.63) is 39.9 Å². The fourth-order valence-corrected chi connectivity index (χ4v) is 3.13. The molecule has 0 bridgehead atoms. The fraction of sp³-hybridized carbons (Fsp3) is 0.400. The highest BCUT2D eigenvalue weighted by Crippen LogP contribution is 2.26. The van der Waals surface area contributed by atoms with E-state index in [9.17, 15) is 4.79 Å². The van der Waals surface area contributed by atoms with Crippen molar-refractivity contribution < 1.29 is 9.53 Å². The minimum absolute atomic E-state index is 0.147. The lowest BCUT2D eigenvalue weighted by Gasteiger charge is -2.04. The topological polar surface area (TPSA) is 52.1 Å². The molecule has 4 nitrogen and oxygen atoms in total. The Kier molecular flexibility index (Phi) is 3.78. The molecule has 0 aliphatic carbocycles. The molecule has 0 saturated carbocycles. The molecular weight excluding hydrogens is 272 g/mol. The number of aryl methyl sites for hydroxylation is 2. The molecule has 1 aromatic heterocycles. The first-order valence-corrected chi connectivity index (χ1v) is 7.64. The summed E-state index contributed by atoms with van der Waals surface area (Å²) >= 11 is 1.21. The van der Waals surface area contributed by atoms with E-state index in [2.05, 4.69) is 15.7 Å². The highest BCUT2D eigenvalue weighted by Gasteiger charge is 2.16. The number of fused-ring (bicyclic) bond motifs is 1. The van der Waals surface area contributed by atoms with Gasteiger partial charge in [0.25, 0.3) is 0 Å². The number of ether oxygens (including phenoxy) is 1. The van der Waals surface area contributed by atoms with Crippen LogP contribution >= 0.6 is 11.5 Å². The summed E-state index contributed by atoms with van der Waals surface area (Å²) < 4.78 is 9.36. The van der Waals surface area contributed by atoms with E-state index in [1.807, 2.05) is 19.1 Å². The van der Waals surface area contributed by atoms with Crippen molar-refractivity contribution >= 4 is 17.3 Å². The second-order valence-corrected chi connectivity index (χ2v) is 5.62. The maximum atomic E-state index is 12.2. The molecule has 0 unspecified atom stereocenters. The number of nitrogens with zero attached hydrogens (tertiary/aromatic N) is 2. The van der Waals surface area contributed by atoms with Crippen molar-refractivity contribution in [3.63, 3.8) is 0 Å². The van der Waals surface area contributed by atoms with Crippen LogP contribution in [0, 0.1) is 0 Å². The van der Waals surface area contributed by atoms with Gasteiger partial charge in [0.2, 0.25) is 0 Å². The smallest absolute Gasteiger partial charge is 0.176 e. The number of hydrogen-bond donors (Lipinski definition) is 0. The van der Waals surface area contributed by atoms with Gasteiger partial charge in [0.15, 0.2) is 5.78 Å². The monoisotopic (exact) mass is 288 g/mol. The van der Waals surface area contributed by atoms with Crippen molar-refractivity contribution in [3.8, 4) is 5.75 Å². The Morgan fingerprint density at radius 3 is 3.20 bits per heavy atom. The molecule has 0 amide bonds. The molecule has 0 N–H and O–H groups in total. The first-order chi connectivity index (χ1) is 9.78. The second-order valence-electron chi connectivity index (χ2n) is 4.87. The number of rotatable bonds is 5. The van der Waals surface area contributed by atoms with Crippen LogP contribution in [0.2, 0.25) is 0 Å². The third kappa shape index (κ3) is 2.58. The standard InChI is InChI=1S/C15H16N2O2S/c1-2-12-15(20-17-16-12)13(18)5-3-10-4-6-14-11(9-10)7-8-19-14/h4,6,9H,2-3,5,7-8H2,1H3. The Labute approximate surface area is 122 Å². The van der Waals surface area contributed by atoms with Gasteiger partial charge in [-0.15, -0.1) is 5.10 Å². The number of benzene rings is 1. The summed E-state index contributed by atoms with van der Waals surface area (Å²) in [4.78, 5) is 12.9. The third-order valence-corrected chi connectivity index (χ3v) is 4.35. The van der Waals surface area contributed by atoms with Crippen LogP contribution in [0.5, 0.6) is 5.75 Å². The Balaban J connectivity index is 1.66. The summed E-state index contributed by atoms with van der Waals surface area (Å²) in [6.45, 7) is 2.76. The molecule has 0 spiro atoms. The number of hydrogen-bond acceptors (Lipinski definition) is 5. The lowest BCUT2D eigenvalue weighted by Crippen LogP contribution is -2.02. The number of carbonyl (C=O) groups is 1. The van der Waals surface area contributed by atoms with E-state index in [4.69, 9.17) is 4.74 Å². The van der Waals surface area contributed by atoms with E-state index in [-0.39, 0.29) is 5.78 Å². The molecule has 0 fully saturated rings. The summed E-state index contributed by atoms with van der Waals surface area (Å²) in [5, 5.41) is 3.99. The van der Waals surface area contributed by atoms with Crippen LogP contribution in [0.1, 0.15) is 39.8 Å². The maximum absolute atomic E-state index is 12.2. The molecule has 1 aliphatic rings. The molecule has 2 heterocycles. The first-order valence-electron chi connectivity index (χ1n) is 6.87. The van der Waals surface area contributed by atoms with E-state index in [0.29, 0.717) is 6.42 Å². The van der Waals surface area contributed by atoms with Crippen LogP contribution in [0.3, 0.4) is 0 Å². The predicted molar refractivity (Wildman–Crippen MR) is 77.6 cm³/mol. The zero-order valence-electron chi connectivity index (χ0n) is 11.4. The van der Waals surface area contributed by atoms with E-state index < -0.39 is 0 Å². The minimum Gasteiger partial charge on any atom is -0.493 e. The van der Waals surface area contributed by atoms with Crippen molar-refractivity contribution in [1.82, 2.24) is 9.59 Å². The fourth-order valence-electron chi connectivity index (χ4n) is 2.42. The van der Waals surface area contributed by atoms with Crippen LogP contribution in [0.15, 0.2) is 18.2 Å². The molecule has 0 atom stereocenters. The van der Waals surface area contributed by atoms with E-state index in [0.717, 1.165) is 42.2 Å². The normalized spacial score (nSPS) is 13.1. The van der Waals surface area contributed by atoms with Gasteiger partial charge in [0.1, 0.15) is 10.6 Å². The van der Waals surface area contributed by atoms with E-state index in [1.54, 1.807) is 0 Å². The van der Waals surface area contributed by atoms with Crippen molar-refractivity contribution in [2.45, 2.75) is 32.6 Å². The zero-order valence-corrected chi connectivity index (χ0v) is 12.2. The van der Waals surface area contributed by atoms with Crippen LogP contribution in [0.25, 0.3) is 0 Å². The molecule has 0 radical (unpaired) electrons. The van der Waals surface area contributed by atoms with Gasteiger partial charge in [0.05, 0.1) is 12.3 Å². The van der Waals surface area contributed by atoms with Crippen LogP contribution in [0.4, 0.5) is 0 Å². The van der Waals surface area contributed by atoms with Crippen molar-refractivity contribution in [2.24, 2.45) is 0 Å². The largest absolute Gasteiger partial charge is 0.493 e. The second kappa shape index (κ2) is 5.71. The van der Waals surface area contributed by atoms with Gasteiger partial charge in [0, 0.05) is 12.8 Å². The molecule has 5 heteroatoms. The summed E-state index contributed by atoms with van der Waals surface area (Å²) in [6, 6.07) is 6.21. The Bertz CT molecular complexity index is 637. The summed E-state index contributed by atoms with van der Waals surface area (Å²) in [5.74, 6) is 1.13. The Hall–Kier alpha value is -1.75. The lowest BCUT2D eigenvalue weighted by atomic mass is 10.0. The van der Waals surface area contributed by atoms with Gasteiger partial charge >= 0.3 is 0 Å². The molecule has 0 saturated heterocycles. The molecular formula is C15H16N2O2S. The Morgan fingerprint density at radius 1 is 1.45 bits per heavy atom. The van der Waals surface area contributed by atoms with Gasteiger partial charge in [-0.1, -0.05) is 23.5 Å². The SMILES string of the molecule is CCc1nnsc1C(=O)CCc1ccc2c(c1)CCO2.